The van der Waals surface area contributed by atoms with E-state index in [1.54, 1.807) is 18.8 Å². The summed E-state index contributed by atoms with van der Waals surface area (Å²) in [4.78, 5) is 4.35. The van der Waals surface area contributed by atoms with Crippen molar-refractivity contribution in [3.05, 3.63) is 35.7 Å². The van der Waals surface area contributed by atoms with Gasteiger partial charge in [-0.1, -0.05) is 43.8 Å². The van der Waals surface area contributed by atoms with Gasteiger partial charge in [0.25, 0.3) is 0 Å². The van der Waals surface area contributed by atoms with Gasteiger partial charge in [-0.15, -0.1) is 10.2 Å². The van der Waals surface area contributed by atoms with Crippen molar-refractivity contribution in [2.45, 2.75) is 57.8 Å². The first-order chi connectivity index (χ1) is 15.1. The summed E-state index contributed by atoms with van der Waals surface area (Å²) in [6.07, 6.45) is 6.50. The predicted octanol–water partition coefficient (Wildman–Crippen LogP) is 3.74. The number of hydrogen-bond acceptors (Lipinski definition) is 5. The highest BCUT2D eigenvalue weighted by molar-refractivity contribution is 7.98. The molecule has 0 amide bonds. The molecular weight excluding hydrogens is 408 g/mol. The molecule has 170 valence electrons. The number of guanidine groups is 1. The summed E-state index contributed by atoms with van der Waals surface area (Å²) in [6.45, 7) is 7.73. The highest BCUT2D eigenvalue weighted by Crippen LogP contribution is 2.30. The lowest BCUT2D eigenvalue weighted by Gasteiger charge is -2.15. The van der Waals surface area contributed by atoms with Crippen molar-refractivity contribution in [1.82, 2.24) is 25.4 Å². The van der Waals surface area contributed by atoms with Crippen LogP contribution in [0.4, 0.5) is 0 Å². The zero-order chi connectivity index (χ0) is 22.1. The summed E-state index contributed by atoms with van der Waals surface area (Å²) < 4.78 is 8.26. The summed E-state index contributed by atoms with van der Waals surface area (Å²) in [5.74, 6) is 4.13. The van der Waals surface area contributed by atoms with Gasteiger partial charge in [0.05, 0.1) is 6.61 Å². The maximum absolute atomic E-state index is 6.01. The number of nitrogens with one attached hydrogen (secondary N) is 2. The van der Waals surface area contributed by atoms with E-state index in [0.29, 0.717) is 12.5 Å². The molecule has 1 fully saturated rings. The van der Waals surface area contributed by atoms with Gasteiger partial charge in [-0.2, -0.15) is 0 Å². The number of benzene rings is 1. The number of thioether (sulfide) groups is 1. The Bertz CT molecular complexity index is 846. The van der Waals surface area contributed by atoms with E-state index in [9.17, 15) is 0 Å². The molecule has 0 bridgehead atoms. The second kappa shape index (κ2) is 12.0. The maximum Gasteiger partial charge on any atom is 0.191 e. The number of para-hydroxylation sites is 1. The smallest absolute Gasteiger partial charge is 0.191 e. The minimum atomic E-state index is 0.568. The second-order valence-electron chi connectivity index (χ2n) is 8.43. The van der Waals surface area contributed by atoms with Gasteiger partial charge in [-0.3, -0.25) is 4.99 Å². The third-order valence-electron chi connectivity index (χ3n) is 5.21. The van der Waals surface area contributed by atoms with Crippen LogP contribution in [0.2, 0.25) is 0 Å². The predicted molar refractivity (Wildman–Crippen MR) is 128 cm³/mol. The Morgan fingerprint density at radius 2 is 2.06 bits per heavy atom. The van der Waals surface area contributed by atoms with E-state index < -0.39 is 0 Å². The van der Waals surface area contributed by atoms with Gasteiger partial charge in [0.2, 0.25) is 0 Å². The third-order valence-corrected chi connectivity index (χ3v) is 5.87. The molecule has 1 aliphatic carbocycles. The van der Waals surface area contributed by atoms with Gasteiger partial charge in [0.1, 0.15) is 11.6 Å². The Kier molecular flexibility index (Phi) is 9.06. The first-order valence-electron chi connectivity index (χ1n) is 11.2. The number of nitrogens with zero attached hydrogens (tertiary/aromatic N) is 4. The number of ether oxygens (including phenoxy) is 1. The average Bonchev–Trinajstić information content (AvgIpc) is 3.53. The van der Waals surface area contributed by atoms with E-state index in [4.69, 9.17) is 4.74 Å². The molecule has 1 aromatic carbocycles. The van der Waals surface area contributed by atoms with Gasteiger partial charge < -0.3 is 19.9 Å². The summed E-state index contributed by atoms with van der Waals surface area (Å²) in [5.41, 5.74) is 1.15. The summed E-state index contributed by atoms with van der Waals surface area (Å²) in [6, 6.07) is 8.23. The first-order valence-corrected chi connectivity index (χ1v) is 12.4. The van der Waals surface area contributed by atoms with Crippen LogP contribution >= 0.6 is 11.8 Å². The molecule has 2 N–H and O–H groups in total. The SMILES string of the molecule is CN=C(NCCCc1nnc(SC)n1CC(C)C)NCc1ccccc1OCC1CC1. The van der Waals surface area contributed by atoms with Crippen LogP contribution < -0.4 is 15.4 Å². The highest BCUT2D eigenvalue weighted by atomic mass is 32.2. The van der Waals surface area contributed by atoms with Crippen molar-refractivity contribution in [3.63, 3.8) is 0 Å². The van der Waals surface area contributed by atoms with Gasteiger partial charge in [0, 0.05) is 38.7 Å². The Hall–Kier alpha value is -2.22. The fraction of sp³-hybridized carbons (Fsp3) is 0.609. The summed E-state index contributed by atoms with van der Waals surface area (Å²) in [5, 5.41) is 16.5. The molecule has 2 aromatic rings. The highest BCUT2D eigenvalue weighted by Gasteiger charge is 2.22. The molecule has 0 unspecified atom stereocenters. The lowest BCUT2D eigenvalue weighted by atomic mass is 10.2. The molecular formula is C23H36N6OS. The Morgan fingerprint density at radius 1 is 1.26 bits per heavy atom. The lowest BCUT2D eigenvalue weighted by Crippen LogP contribution is -2.37. The normalized spacial score (nSPS) is 14.2. The zero-order valence-electron chi connectivity index (χ0n) is 19.2. The van der Waals surface area contributed by atoms with E-state index in [0.717, 1.165) is 66.7 Å². The molecule has 31 heavy (non-hydrogen) atoms. The quantitative estimate of drug-likeness (QED) is 0.225. The molecule has 0 spiro atoms. The van der Waals surface area contributed by atoms with Gasteiger partial charge in [0.15, 0.2) is 11.1 Å². The molecule has 0 aliphatic heterocycles. The lowest BCUT2D eigenvalue weighted by molar-refractivity contribution is 0.296. The first kappa shape index (κ1) is 23.4. The van der Waals surface area contributed by atoms with E-state index in [1.807, 2.05) is 18.2 Å². The van der Waals surface area contributed by atoms with Crippen molar-refractivity contribution in [2.75, 3.05) is 26.5 Å². The van der Waals surface area contributed by atoms with Crippen molar-refractivity contribution < 1.29 is 4.74 Å². The van der Waals surface area contributed by atoms with Gasteiger partial charge in [-0.25, -0.2) is 0 Å². The molecule has 1 saturated carbocycles. The Morgan fingerprint density at radius 3 is 2.77 bits per heavy atom. The molecule has 1 aliphatic rings. The van der Waals surface area contributed by atoms with Crippen LogP contribution in [0.15, 0.2) is 34.4 Å². The van der Waals surface area contributed by atoms with Gasteiger partial charge in [-0.05, 0) is 43.4 Å². The minimum absolute atomic E-state index is 0.568. The fourth-order valence-electron chi connectivity index (χ4n) is 3.34. The van der Waals surface area contributed by atoms with Crippen molar-refractivity contribution in [1.29, 1.82) is 0 Å². The molecule has 0 saturated heterocycles. The molecule has 1 heterocycles. The summed E-state index contributed by atoms with van der Waals surface area (Å²) >= 11 is 1.65. The van der Waals surface area contributed by atoms with E-state index >= 15 is 0 Å². The Labute approximate surface area is 190 Å². The van der Waals surface area contributed by atoms with Crippen LogP contribution in [0.3, 0.4) is 0 Å². The third kappa shape index (κ3) is 7.45. The number of aryl methyl sites for hydroxylation is 1. The number of hydrogen-bond donors (Lipinski definition) is 2. The Balaban J connectivity index is 1.44. The van der Waals surface area contributed by atoms with Crippen LogP contribution in [0, 0.1) is 11.8 Å². The van der Waals surface area contributed by atoms with Crippen LogP contribution in [-0.2, 0) is 19.5 Å². The molecule has 0 atom stereocenters. The van der Waals surface area contributed by atoms with Crippen LogP contribution in [-0.4, -0.2) is 47.2 Å². The van der Waals surface area contributed by atoms with Gasteiger partial charge >= 0.3 is 0 Å². The molecule has 7 nitrogen and oxygen atoms in total. The standard InChI is InChI=1S/C23H36N6OS/c1-17(2)15-29-21(27-28-23(29)31-4)10-7-13-25-22(24-3)26-14-19-8-5-6-9-20(19)30-16-18-11-12-18/h5-6,8-9,17-18H,7,10-16H2,1-4H3,(H2,24,25,26). The number of aliphatic imine (C=N–C) groups is 1. The molecule has 8 heteroatoms. The average molecular weight is 445 g/mol. The van der Waals surface area contributed by atoms with Crippen LogP contribution in [0.25, 0.3) is 0 Å². The minimum Gasteiger partial charge on any atom is -0.493 e. The van der Waals surface area contributed by atoms with E-state index in [1.165, 1.54) is 12.8 Å². The second-order valence-corrected chi connectivity index (χ2v) is 9.20. The van der Waals surface area contributed by atoms with Crippen molar-refractivity contribution in [2.24, 2.45) is 16.8 Å². The van der Waals surface area contributed by atoms with Crippen molar-refractivity contribution in [3.8, 4) is 5.75 Å². The fourth-order valence-corrected chi connectivity index (χ4v) is 3.86. The molecule has 0 radical (unpaired) electrons. The van der Waals surface area contributed by atoms with Crippen LogP contribution in [0.1, 0.15) is 44.5 Å². The monoisotopic (exact) mass is 444 g/mol. The maximum atomic E-state index is 6.01. The molecule has 3 rings (SSSR count). The number of aromatic nitrogens is 3. The van der Waals surface area contributed by atoms with E-state index in [2.05, 4.69) is 56.6 Å². The van der Waals surface area contributed by atoms with E-state index in [-0.39, 0.29) is 0 Å². The van der Waals surface area contributed by atoms with Crippen molar-refractivity contribution >= 4 is 17.7 Å². The largest absolute Gasteiger partial charge is 0.493 e. The zero-order valence-corrected chi connectivity index (χ0v) is 20.0. The topological polar surface area (TPSA) is 76.4 Å². The summed E-state index contributed by atoms with van der Waals surface area (Å²) in [7, 11) is 1.80. The molecule has 1 aromatic heterocycles. The van der Waals surface area contributed by atoms with Crippen LogP contribution in [0.5, 0.6) is 5.75 Å². The number of rotatable bonds is 12.